The van der Waals surface area contributed by atoms with Crippen molar-refractivity contribution < 1.29 is 14.5 Å². The van der Waals surface area contributed by atoms with Crippen molar-refractivity contribution in [1.82, 2.24) is 14.8 Å². The molecule has 0 saturated heterocycles. The zero-order valence-corrected chi connectivity index (χ0v) is 21.1. The average Bonchev–Trinajstić information content (AvgIpc) is 3.18. The van der Waals surface area contributed by atoms with Gasteiger partial charge >= 0.3 is 0 Å². The van der Waals surface area contributed by atoms with Crippen LogP contribution in [0.2, 0.25) is 0 Å². The maximum absolute atomic E-state index is 12.3. The van der Waals surface area contributed by atoms with Crippen molar-refractivity contribution in [3.8, 4) is 5.75 Å². The lowest BCUT2D eigenvalue weighted by atomic mass is 10.0. The van der Waals surface area contributed by atoms with Crippen LogP contribution in [0, 0.1) is 10.1 Å². The number of aromatic nitrogens is 3. The molecule has 0 atom stereocenters. The van der Waals surface area contributed by atoms with Gasteiger partial charge in [0.15, 0.2) is 11.0 Å². The molecule has 178 valence electrons. The minimum absolute atomic E-state index is 0.0386. The second kappa shape index (κ2) is 11.8. The van der Waals surface area contributed by atoms with E-state index in [4.69, 9.17) is 4.74 Å². The number of nitrogens with zero attached hydrogens (tertiary/aromatic N) is 4. The van der Waals surface area contributed by atoms with E-state index in [1.54, 1.807) is 6.08 Å². The highest BCUT2D eigenvalue weighted by Crippen LogP contribution is 2.30. The van der Waals surface area contributed by atoms with Crippen LogP contribution in [0.25, 0.3) is 0 Å². The Morgan fingerprint density at radius 1 is 1.29 bits per heavy atom. The molecule has 1 amide bonds. The molecule has 0 bridgehead atoms. The van der Waals surface area contributed by atoms with Crippen LogP contribution >= 0.6 is 27.7 Å². The number of nitrogens with one attached hydrogen (secondary N) is 1. The van der Waals surface area contributed by atoms with E-state index >= 15 is 0 Å². The topological polar surface area (TPSA) is 112 Å². The molecular weight excluding hydrogens is 522 g/mol. The van der Waals surface area contributed by atoms with Crippen molar-refractivity contribution >= 4 is 45.0 Å². The fourth-order valence-electron chi connectivity index (χ4n) is 3.08. The number of nitro benzene ring substituents is 1. The van der Waals surface area contributed by atoms with Gasteiger partial charge in [-0.25, -0.2) is 0 Å². The van der Waals surface area contributed by atoms with Crippen LogP contribution in [0.4, 0.5) is 11.4 Å². The quantitative estimate of drug-likeness (QED) is 0.145. The summed E-state index contributed by atoms with van der Waals surface area (Å²) in [5.41, 5.74) is 1.53. The summed E-state index contributed by atoms with van der Waals surface area (Å²) in [6, 6.07) is 11.6. The largest absolute Gasteiger partial charge is 0.485 e. The Balaban J connectivity index is 1.64. The van der Waals surface area contributed by atoms with E-state index in [0.717, 1.165) is 15.8 Å². The highest BCUT2D eigenvalue weighted by Gasteiger charge is 2.16. The molecular formula is C23H24BrN5O4S. The van der Waals surface area contributed by atoms with Crippen LogP contribution in [0.5, 0.6) is 5.75 Å². The molecule has 0 radical (unpaired) electrons. The molecule has 1 heterocycles. The first kappa shape index (κ1) is 25.4. The molecule has 0 aliphatic heterocycles. The number of amides is 1. The first-order valence-electron chi connectivity index (χ1n) is 10.4. The first-order chi connectivity index (χ1) is 16.3. The van der Waals surface area contributed by atoms with Gasteiger partial charge in [-0.1, -0.05) is 47.6 Å². The van der Waals surface area contributed by atoms with Crippen molar-refractivity contribution in [2.45, 2.75) is 38.1 Å². The van der Waals surface area contributed by atoms with Gasteiger partial charge in [0.05, 0.1) is 10.7 Å². The molecule has 1 aromatic heterocycles. The number of hydrogen-bond acceptors (Lipinski definition) is 7. The molecule has 0 aliphatic carbocycles. The highest BCUT2D eigenvalue weighted by molar-refractivity contribution is 9.10. The number of allylic oxidation sites excluding steroid dienone is 1. The maximum atomic E-state index is 12.3. The molecule has 0 spiro atoms. The normalized spacial score (nSPS) is 10.8. The number of nitro groups is 1. The second-order valence-electron chi connectivity index (χ2n) is 7.56. The summed E-state index contributed by atoms with van der Waals surface area (Å²) in [7, 11) is 0. The number of rotatable bonds is 11. The van der Waals surface area contributed by atoms with E-state index in [2.05, 4.69) is 51.9 Å². The third-order valence-electron chi connectivity index (χ3n) is 4.75. The lowest BCUT2D eigenvalue weighted by Gasteiger charge is -2.15. The van der Waals surface area contributed by atoms with Crippen molar-refractivity contribution in [2.24, 2.45) is 0 Å². The van der Waals surface area contributed by atoms with E-state index < -0.39 is 4.92 Å². The molecule has 1 N–H and O–H groups in total. The van der Waals surface area contributed by atoms with Gasteiger partial charge in [-0.05, 0) is 41.8 Å². The van der Waals surface area contributed by atoms with Crippen molar-refractivity contribution in [1.29, 1.82) is 0 Å². The predicted octanol–water partition coefficient (Wildman–Crippen LogP) is 5.57. The van der Waals surface area contributed by atoms with Gasteiger partial charge in [-0.2, -0.15) is 0 Å². The minimum atomic E-state index is -0.491. The van der Waals surface area contributed by atoms with Gasteiger partial charge in [-0.3, -0.25) is 19.5 Å². The molecule has 11 heteroatoms. The van der Waals surface area contributed by atoms with E-state index in [1.165, 1.54) is 36.0 Å². The van der Waals surface area contributed by atoms with E-state index in [-0.39, 0.29) is 24.0 Å². The molecule has 0 unspecified atom stereocenters. The number of halogens is 1. The van der Waals surface area contributed by atoms with Crippen LogP contribution < -0.4 is 10.1 Å². The average molecular weight is 546 g/mol. The second-order valence-corrected chi connectivity index (χ2v) is 9.42. The lowest BCUT2D eigenvalue weighted by Crippen LogP contribution is -2.15. The zero-order chi connectivity index (χ0) is 24.7. The van der Waals surface area contributed by atoms with E-state index in [1.807, 2.05) is 22.8 Å². The summed E-state index contributed by atoms with van der Waals surface area (Å²) in [6.45, 7) is 8.69. The first-order valence-corrected chi connectivity index (χ1v) is 12.2. The van der Waals surface area contributed by atoms with E-state index in [0.29, 0.717) is 29.1 Å². The third-order valence-corrected chi connectivity index (χ3v) is 6.21. The Bertz CT molecular complexity index is 1180. The van der Waals surface area contributed by atoms with Crippen LogP contribution in [-0.4, -0.2) is 31.3 Å². The van der Waals surface area contributed by atoms with Gasteiger partial charge in [0, 0.05) is 28.8 Å². The summed E-state index contributed by atoms with van der Waals surface area (Å²) >= 11 is 4.73. The van der Waals surface area contributed by atoms with Gasteiger partial charge in [-0.15, -0.1) is 16.8 Å². The van der Waals surface area contributed by atoms with Crippen molar-refractivity contribution in [2.75, 3.05) is 11.1 Å². The number of carbonyl (C=O) groups is 1. The van der Waals surface area contributed by atoms with Crippen LogP contribution in [0.1, 0.15) is 31.2 Å². The van der Waals surface area contributed by atoms with Crippen LogP contribution in [-0.2, 0) is 17.9 Å². The van der Waals surface area contributed by atoms with Crippen LogP contribution in [0.3, 0.4) is 0 Å². The molecule has 34 heavy (non-hydrogen) atoms. The summed E-state index contributed by atoms with van der Waals surface area (Å²) in [5, 5.41) is 22.5. The Morgan fingerprint density at radius 2 is 2.03 bits per heavy atom. The number of thioether (sulfide) groups is 1. The van der Waals surface area contributed by atoms with Crippen molar-refractivity contribution in [3.63, 3.8) is 0 Å². The summed E-state index contributed by atoms with van der Waals surface area (Å²) in [6.07, 6.45) is 1.73. The van der Waals surface area contributed by atoms with Gasteiger partial charge in [0.2, 0.25) is 5.91 Å². The number of anilines is 1. The Kier molecular flexibility index (Phi) is 8.83. The van der Waals surface area contributed by atoms with Gasteiger partial charge in [0.1, 0.15) is 12.4 Å². The SMILES string of the molecule is C=CCn1c(COc2ccc(Br)cc2C(C)C)nnc1SCC(=O)Nc1ccc([N+](=O)[O-])cc1. The number of carbonyl (C=O) groups excluding carboxylic acids is 1. The Morgan fingerprint density at radius 3 is 2.68 bits per heavy atom. The fourth-order valence-corrected chi connectivity index (χ4v) is 4.23. The number of non-ortho nitro benzene ring substituents is 1. The molecule has 3 aromatic rings. The van der Waals surface area contributed by atoms with Crippen molar-refractivity contribution in [3.05, 3.63) is 81.1 Å². The predicted molar refractivity (Wildman–Crippen MR) is 135 cm³/mol. The Labute approximate surface area is 209 Å². The standard InChI is InChI=1S/C23H24BrN5O4S/c1-4-11-28-21(13-33-20-10-5-16(24)12-19(20)15(2)3)26-27-23(28)34-14-22(30)25-17-6-8-18(9-7-17)29(31)32/h4-10,12,15H,1,11,13-14H2,2-3H3,(H,25,30). The molecule has 0 saturated carbocycles. The fraction of sp³-hybridized carbons (Fsp3) is 0.261. The molecule has 2 aromatic carbocycles. The van der Waals surface area contributed by atoms with Gasteiger partial charge < -0.3 is 10.1 Å². The highest BCUT2D eigenvalue weighted by atomic mass is 79.9. The Hall–Kier alpha value is -3.18. The minimum Gasteiger partial charge on any atom is -0.485 e. The molecule has 0 fully saturated rings. The summed E-state index contributed by atoms with van der Waals surface area (Å²) < 4.78 is 8.90. The third kappa shape index (κ3) is 6.67. The molecule has 3 rings (SSSR count). The summed E-state index contributed by atoms with van der Waals surface area (Å²) in [4.78, 5) is 22.6. The van der Waals surface area contributed by atoms with E-state index in [9.17, 15) is 14.9 Å². The zero-order valence-electron chi connectivity index (χ0n) is 18.7. The van der Waals surface area contributed by atoms with Crippen LogP contribution in [0.15, 0.2) is 64.7 Å². The number of ether oxygens (including phenoxy) is 1. The maximum Gasteiger partial charge on any atom is 0.269 e. The molecule has 0 aliphatic rings. The smallest absolute Gasteiger partial charge is 0.269 e. The number of hydrogen-bond donors (Lipinski definition) is 1. The van der Waals surface area contributed by atoms with Gasteiger partial charge in [0.25, 0.3) is 5.69 Å². The lowest BCUT2D eigenvalue weighted by molar-refractivity contribution is -0.384. The summed E-state index contributed by atoms with van der Waals surface area (Å²) in [5.74, 6) is 1.52. The monoisotopic (exact) mass is 545 g/mol. The molecule has 9 nitrogen and oxygen atoms in total. The number of benzene rings is 2.